The number of nitrogens with one attached hydrogen (secondary N) is 1. The smallest absolute Gasteiger partial charge is 0.238 e. The number of carbonyl (C=O) groups is 1. The fourth-order valence-corrected chi connectivity index (χ4v) is 1.24. The third kappa shape index (κ3) is 2.50. The number of nitrogens with zero attached hydrogens (tertiary/aromatic N) is 1. The van der Waals surface area contributed by atoms with Crippen LogP contribution in [0.1, 0.15) is 32.6 Å². The van der Waals surface area contributed by atoms with Crippen LogP contribution in [0.15, 0.2) is 0 Å². The van der Waals surface area contributed by atoms with Gasteiger partial charge in [-0.3, -0.25) is 9.80 Å². The van der Waals surface area contributed by atoms with Crippen LogP contribution < -0.4 is 5.43 Å². The molecule has 1 amide bonds. The Labute approximate surface area is 67.7 Å². The summed E-state index contributed by atoms with van der Waals surface area (Å²) < 4.78 is 0. The van der Waals surface area contributed by atoms with Gasteiger partial charge in [0.2, 0.25) is 5.91 Å². The molecule has 0 aromatic carbocycles. The standard InChI is InChI=1S/C8H16N2O/c1-2-3-4-7-10-8(11)5-6-9-10/h9H,2-7H2,1H3. The van der Waals surface area contributed by atoms with Gasteiger partial charge < -0.3 is 0 Å². The van der Waals surface area contributed by atoms with Crippen LogP contribution in [0.4, 0.5) is 0 Å². The van der Waals surface area contributed by atoms with Crippen LogP contribution in [0.25, 0.3) is 0 Å². The van der Waals surface area contributed by atoms with Crippen LogP contribution in [0.3, 0.4) is 0 Å². The molecular weight excluding hydrogens is 140 g/mol. The van der Waals surface area contributed by atoms with Gasteiger partial charge in [0.1, 0.15) is 0 Å². The van der Waals surface area contributed by atoms with Gasteiger partial charge in [0, 0.05) is 19.5 Å². The van der Waals surface area contributed by atoms with Gasteiger partial charge in [-0.2, -0.15) is 0 Å². The maximum atomic E-state index is 11.0. The number of carbonyl (C=O) groups excluding carboxylic acids is 1. The SMILES string of the molecule is CCCCCN1NCCC1=O. The zero-order valence-electron chi connectivity index (χ0n) is 7.10. The second-order valence-electron chi connectivity index (χ2n) is 2.91. The van der Waals surface area contributed by atoms with Gasteiger partial charge in [-0.15, -0.1) is 0 Å². The summed E-state index contributed by atoms with van der Waals surface area (Å²) in [6.07, 6.45) is 4.22. The summed E-state index contributed by atoms with van der Waals surface area (Å²) in [5.74, 6) is 0.251. The van der Waals surface area contributed by atoms with Crippen LogP contribution in [-0.2, 0) is 4.79 Å². The summed E-state index contributed by atoms with van der Waals surface area (Å²) in [7, 11) is 0. The summed E-state index contributed by atoms with van der Waals surface area (Å²) in [5.41, 5.74) is 3.05. The Morgan fingerprint density at radius 3 is 2.91 bits per heavy atom. The van der Waals surface area contributed by atoms with Crippen molar-refractivity contribution in [1.29, 1.82) is 0 Å². The molecule has 0 bridgehead atoms. The number of hydrogen-bond donors (Lipinski definition) is 1. The molecule has 0 spiro atoms. The Bertz CT molecular complexity index is 136. The quantitative estimate of drug-likeness (QED) is 0.614. The average molecular weight is 156 g/mol. The largest absolute Gasteiger partial charge is 0.278 e. The normalized spacial score (nSPS) is 17.9. The summed E-state index contributed by atoms with van der Waals surface area (Å²) in [4.78, 5) is 11.0. The fraction of sp³-hybridized carbons (Fsp3) is 0.875. The van der Waals surface area contributed by atoms with Crippen molar-refractivity contribution in [2.75, 3.05) is 13.1 Å². The predicted molar refractivity (Wildman–Crippen MR) is 43.9 cm³/mol. The van der Waals surface area contributed by atoms with Crippen molar-refractivity contribution in [2.45, 2.75) is 32.6 Å². The molecule has 0 radical (unpaired) electrons. The zero-order chi connectivity index (χ0) is 8.10. The molecule has 64 valence electrons. The minimum absolute atomic E-state index is 0.251. The third-order valence-corrected chi connectivity index (χ3v) is 1.93. The number of hydrogen-bond acceptors (Lipinski definition) is 2. The highest BCUT2D eigenvalue weighted by Crippen LogP contribution is 2.02. The van der Waals surface area contributed by atoms with Gasteiger partial charge in [-0.1, -0.05) is 19.8 Å². The Kier molecular flexibility index (Phi) is 3.36. The lowest BCUT2D eigenvalue weighted by molar-refractivity contribution is -0.129. The first-order valence-electron chi connectivity index (χ1n) is 4.38. The fourth-order valence-electron chi connectivity index (χ4n) is 1.24. The molecule has 1 rings (SSSR count). The molecule has 1 saturated heterocycles. The first-order valence-corrected chi connectivity index (χ1v) is 4.38. The van der Waals surface area contributed by atoms with Crippen LogP contribution in [0, 0.1) is 0 Å². The first kappa shape index (κ1) is 8.53. The lowest BCUT2D eigenvalue weighted by atomic mass is 10.2. The van der Waals surface area contributed by atoms with E-state index in [0.717, 1.165) is 19.5 Å². The van der Waals surface area contributed by atoms with Crippen molar-refractivity contribution >= 4 is 5.91 Å². The van der Waals surface area contributed by atoms with Gasteiger partial charge in [-0.25, -0.2) is 5.43 Å². The summed E-state index contributed by atoms with van der Waals surface area (Å²) in [6.45, 7) is 3.87. The van der Waals surface area contributed by atoms with Crippen molar-refractivity contribution < 1.29 is 4.79 Å². The summed E-state index contributed by atoms with van der Waals surface area (Å²) in [6, 6.07) is 0. The molecule has 0 atom stereocenters. The molecule has 3 heteroatoms. The van der Waals surface area contributed by atoms with Gasteiger partial charge in [0.15, 0.2) is 0 Å². The summed E-state index contributed by atoms with van der Waals surface area (Å²) in [5, 5.41) is 1.75. The van der Waals surface area contributed by atoms with Gasteiger partial charge in [0.25, 0.3) is 0 Å². The molecule has 0 unspecified atom stereocenters. The molecule has 1 heterocycles. The minimum Gasteiger partial charge on any atom is -0.278 e. The zero-order valence-corrected chi connectivity index (χ0v) is 7.10. The monoisotopic (exact) mass is 156 g/mol. The molecule has 3 nitrogen and oxygen atoms in total. The molecule has 0 aromatic heterocycles. The van der Waals surface area contributed by atoms with E-state index >= 15 is 0 Å². The van der Waals surface area contributed by atoms with Crippen molar-refractivity contribution in [3.8, 4) is 0 Å². The maximum absolute atomic E-state index is 11.0. The number of unbranched alkanes of at least 4 members (excludes halogenated alkanes) is 2. The van der Waals surface area contributed by atoms with Crippen LogP contribution in [0.2, 0.25) is 0 Å². The number of rotatable bonds is 4. The minimum atomic E-state index is 0.251. The maximum Gasteiger partial charge on any atom is 0.238 e. The number of hydrazine groups is 1. The van der Waals surface area contributed by atoms with Crippen molar-refractivity contribution in [3.63, 3.8) is 0 Å². The number of amides is 1. The molecular formula is C8H16N2O. The van der Waals surface area contributed by atoms with Crippen molar-refractivity contribution in [1.82, 2.24) is 10.4 Å². The topological polar surface area (TPSA) is 32.3 Å². The highest BCUT2D eigenvalue weighted by molar-refractivity contribution is 5.77. The van der Waals surface area contributed by atoms with Crippen LogP contribution in [0.5, 0.6) is 0 Å². The molecule has 11 heavy (non-hydrogen) atoms. The second kappa shape index (κ2) is 4.34. The van der Waals surface area contributed by atoms with Gasteiger partial charge >= 0.3 is 0 Å². The van der Waals surface area contributed by atoms with E-state index in [2.05, 4.69) is 12.3 Å². The Morgan fingerprint density at radius 1 is 1.55 bits per heavy atom. The Morgan fingerprint density at radius 2 is 2.36 bits per heavy atom. The molecule has 0 saturated carbocycles. The third-order valence-electron chi connectivity index (χ3n) is 1.93. The van der Waals surface area contributed by atoms with Gasteiger partial charge in [-0.05, 0) is 6.42 Å². The molecule has 1 aliphatic rings. The molecule has 1 N–H and O–H groups in total. The van der Waals surface area contributed by atoms with E-state index in [0.29, 0.717) is 6.42 Å². The van der Waals surface area contributed by atoms with E-state index in [4.69, 9.17) is 0 Å². The molecule has 1 fully saturated rings. The van der Waals surface area contributed by atoms with E-state index in [1.165, 1.54) is 12.8 Å². The van der Waals surface area contributed by atoms with E-state index in [9.17, 15) is 4.79 Å². The lowest BCUT2D eigenvalue weighted by Crippen LogP contribution is -2.34. The summed E-state index contributed by atoms with van der Waals surface area (Å²) >= 11 is 0. The Balaban J connectivity index is 2.10. The van der Waals surface area contributed by atoms with Crippen LogP contribution in [-0.4, -0.2) is 24.0 Å². The first-order chi connectivity index (χ1) is 5.34. The van der Waals surface area contributed by atoms with E-state index in [1.54, 1.807) is 5.01 Å². The highest BCUT2D eigenvalue weighted by atomic mass is 16.2. The van der Waals surface area contributed by atoms with E-state index < -0.39 is 0 Å². The second-order valence-corrected chi connectivity index (χ2v) is 2.91. The van der Waals surface area contributed by atoms with Crippen molar-refractivity contribution in [3.05, 3.63) is 0 Å². The lowest BCUT2D eigenvalue weighted by Gasteiger charge is -2.14. The highest BCUT2D eigenvalue weighted by Gasteiger charge is 2.18. The molecule has 0 aliphatic carbocycles. The average Bonchev–Trinajstić information content (AvgIpc) is 2.37. The van der Waals surface area contributed by atoms with Crippen molar-refractivity contribution in [2.24, 2.45) is 0 Å². The van der Waals surface area contributed by atoms with E-state index in [-0.39, 0.29) is 5.91 Å². The van der Waals surface area contributed by atoms with Gasteiger partial charge in [0.05, 0.1) is 0 Å². The van der Waals surface area contributed by atoms with E-state index in [1.807, 2.05) is 0 Å². The Hall–Kier alpha value is -0.570. The van der Waals surface area contributed by atoms with Crippen LogP contribution >= 0.6 is 0 Å². The predicted octanol–water partition coefficient (Wildman–Crippen LogP) is 0.913. The molecule has 0 aromatic rings. The molecule has 1 aliphatic heterocycles.